The first-order valence-electron chi connectivity index (χ1n) is 9.45. The number of benzene rings is 1. The Bertz CT molecular complexity index is 799. The predicted molar refractivity (Wildman–Crippen MR) is 111 cm³/mol. The van der Waals surface area contributed by atoms with Gasteiger partial charge in [-0.05, 0) is 44.4 Å². The zero-order valence-corrected chi connectivity index (χ0v) is 17.1. The highest BCUT2D eigenvalue weighted by atomic mass is 16.5. The minimum atomic E-state index is -0.183. The molecule has 0 bridgehead atoms. The minimum Gasteiger partial charge on any atom is -0.496 e. The lowest BCUT2D eigenvalue weighted by Crippen LogP contribution is -2.39. The molecule has 2 rings (SSSR count). The number of aryl methyl sites for hydroxylation is 2. The lowest BCUT2D eigenvalue weighted by atomic mass is 10.1. The van der Waals surface area contributed by atoms with Crippen molar-refractivity contribution in [2.75, 3.05) is 33.8 Å². The number of hydrogen-bond donors (Lipinski definition) is 3. The average Bonchev–Trinajstić information content (AvgIpc) is 3.12. The molecule has 1 amide bonds. The largest absolute Gasteiger partial charge is 0.496 e. The minimum absolute atomic E-state index is 0.183. The van der Waals surface area contributed by atoms with Gasteiger partial charge in [-0.2, -0.15) is 0 Å². The molecule has 2 aromatic rings. The van der Waals surface area contributed by atoms with E-state index in [0.717, 1.165) is 36.7 Å². The number of aliphatic imine (C=N–C) groups is 1. The number of carbonyl (C=O) groups excluding carboxylic acids is 1. The van der Waals surface area contributed by atoms with Crippen molar-refractivity contribution in [2.24, 2.45) is 4.99 Å². The van der Waals surface area contributed by atoms with Gasteiger partial charge in [0, 0.05) is 32.2 Å². The Morgan fingerprint density at radius 2 is 1.86 bits per heavy atom. The molecule has 152 valence electrons. The first-order chi connectivity index (χ1) is 13.5. The van der Waals surface area contributed by atoms with Gasteiger partial charge in [-0.3, -0.25) is 9.79 Å². The molecule has 7 heteroatoms. The molecule has 0 spiro atoms. The SMILES string of the molecule is CN=C(NCCCNC(=O)c1occc1C)NCCc1cc(C)ccc1OC. The molecule has 0 fully saturated rings. The summed E-state index contributed by atoms with van der Waals surface area (Å²) in [7, 11) is 3.43. The summed E-state index contributed by atoms with van der Waals surface area (Å²) >= 11 is 0. The third-order valence-electron chi connectivity index (χ3n) is 4.35. The second-order valence-corrected chi connectivity index (χ2v) is 6.53. The van der Waals surface area contributed by atoms with Crippen molar-refractivity contribution in [3.63, 3.8) is 0 Å². The average molecular weight is 386 g/mol. The summed E-state index contributed by atoms with van der Waals surface area (Å²) in [5.41, 5.74) is 3.22. The van der Waals surface area contributed by atoms with Gasteiger partial charge < -0.3 is 25.1 Å². The molecule has 0 aliphatic heterocycles. The maximum absolute atomic E-state index is 12.0. The maximum atomic E-state index is 12.0. The summed E-state index contributed by atoms with van der Waals surface area (Å²) in [6.07, 6.45) is 3.13. The highest BCUT2D eigenvalue weighted by Crippen LogP contribution is 2.19. The van der Waals surface area contributed by atoms with Crippen molar-refractivity contribution >= 4 is 11.9 Å². The second kappa shape index (κ2) is 11.0. The van der Waals surface area contributed by atoms with Gasteiger partial charge in [0.05, 0.1) is 13.4 Å². The van der Waals surface area contributed by atoms with Crippen LogP contribution in [0.1, 0.15) is 33.7 Å². The summed E-state index contributed by atoms with van der Waals surface area (Å²) in [5, 5.41) is 9.40. The van der Waals surface area contributed by atoms with Crippen molar-refractivity contribution in [1.29, 1.82) is 0 Å². The van der Waals surface area contributed by atoms with Crippen LogP contribution in [0.25, 0.3) is 0 Å². The molecule has 7 nitrogen and oxygen atoms in total. The molecule has 0 saturated carbocycles. The van der Waals surface area contributed by atoms with E-state index >= 15 is 0 Å². The van der Waals surface area contributed by atoms with E-state index in [0.29, 0.717) is 18.8 Å². The van der Waals surface area contributed by atoms with Gasteiger partial charge in [0.15, 0.2) is 11.7 Å². The first-order valence-corrected chi connectivity index (χ1v) is 9.45. The number of nitrogens with one attached hydrogen (secondary N) is 3. The summed E-state index contributed by atoms with van der Waals surface area (Å²) in [6, 6.07) is 7.96. The van der Waals surface area contributed by atoms with E-state index in [1.54, 1.807) is 20.2 Å². The van der Waals surface area contributed by atoms with Gasteiger partial charge >= 0.3 is 0 Å². The van der Waals surface area contributed by atoms with Crippen LogP contribution in [0.3, 0.4) is 0 Å². The number of guanidine groups is 1. The highest BCUT2D eigenvalue weighted by molar-refractivity contribution is 5.92. The van der Waals surface area contributed by atoms with Gasteiger partial charge in [0.25, 0.3) is 5.91 Å². The fraction of sp³-hybridized carbons (Fsp3) is 0.429. The Hall–Kier alpha value is -2.96. The standard InChI is InChI=1S/C21H30N4O3/c1-15-6-7-18(27-4)17(14-15)8-12-25-21(22-3)24-11-5-10-23-20(26)19-16(2)9-13-28-19/h6-7,9,13-14H,5,8,10-12H2,1-4H3,(H,23,26)(H2,22,24,25). The molecule has 0 radical (unpaired) electrons. The lowest BCUT2D eigenvalue weighted by molar-refractivity contribution is 0.0925. The summed E-state index contributed by atoms with van der Waals surface area (Å²) in [6.45, 7) is 5.92. The quantitative estimate of drug-likeness (QED) is 0.350. The van der Waals surface area contributed by atoms with Crippen LogP contribution in [0.2, 0.25) is 0 Å². The molecular formula is C21H30N4O3. The number of ether oxygens (including phenoxy) is 1. The molecule has 0 unspecified atom stereocenters. The molecule has 0 aliphatic rings. The Balaban J connectivity index is 1.66. The molecule has 1 aromatic carbocycles. The van der Waals surface area contributed by atoms with Gasteiger partial charge in [-0.15, -0.1) is 0 Å². The zero-order chi connectivity index (χ0) is 20.4. The van der Waals surface area contributed by atoms with Crippen LogP contribution < -0.4 is 20.7 Å². The summed E-state index contributed by atoms with van der Waals surface area (Å²) < 4.78 is 10.6. The van der Waals surface area contributed by atoms with Crippen molar-refractivity contribution in [1.82, 2.24) is 16.0 Å². The summed E-state index contributed by atoms with van der Waals surface area (Å²) in [5.74, 6) is 1.83. The molecular weight excluding hydrogens is 356 g/mol. The van der Waals surface area contributed by atoms with Crippen LogP contribution in [0.5, 0.6) is 5.75 Å². The van der Waals surface area contributed by atoms with E-state index in [4.69, 9.17) is 9.15 Å². The zero-order valence-electron chi connectivity index (χ0n) is 17.1. The van der Waals surface area contributed by atoms with E-state index in [1.165, 1.54) is 17.4 Å². The Labute approximate surface area is 166 Å². The normalized spacial score (nSPS) is 11.2. The Morgan fingerprint density at radius 1 is 1.11 bits per heavy atom. The third kappa shape index (κ3) is 6.33. The second-order valence-electron chi connectivity index (χ2n) is 6.53. The van der Waals surface area contributed by atoms with Gasteiger partial charge in [-0.25, -0.2) is 0 Å². The molecule has 1 heterocycles. The fourth-order valence-corrected chi connectivity index (χ4v) is 2.82. The van der Waals surface area contributed by atoms with Crippen LogP contribution in [0.4, 0.5) is 0 Å². The lowest BCUT2D eigenvalue weighted by Gasteiger charge is -2.13. The number of hydrogen-bond acceptors (Lipinski definition) is 4. The van der Waals surface area contributed by atoms with Crippen molar-refractivity contribution < 1.29 is 13.9 Å². The van der Waals surface area contributed by atoms with Gasteiger partial charge in [-0.1, -0.05) is 17.7 Å². The van der Waals surface area contributed by atoms with E-state index in [9.17, 15) is 4.79 Å². The maximum Gasteiger partial charge on any atom is 0.287 e. The number of rotatable bonds is 9. The van der Waals surface area contributed by atoms with Crippen LogP contribution in [0, 0.1) is 13.8 Å². The monoisotopic (exact) mass is 386 g/mol. The van der Waals surface area contributed by atoms with Crippen LogP contribution in [-0.2, 0) is 6.42 Å². The number of amides is 1. The first kappa shape index (κ1) is 21.3. The molecule has 3 N–H and O–H groups in total. The number of methoxy groups -OCH3 is 1. The van der Waals surface area contributed by atoms with Crippen molar-refractivity contribution in [3.05, 3.63) is 53.0 Å². The third-order valence-corrected chi connectivity index (χ3v) is 4.35. The van der Waals surface area contributed by atoms with Gasteiger partial charge in [0.2, 0.25) is 0 Å². The van der Waals surface area contributed by atoms with E-state index in [-0.39, 0.29) is 5.91 Å². The Kier molecular flexibility index (Phi) is 8.39. The van der Waals surface area contributed by atoms with Gasteiger partial charge in [0.1, 0.15) is 5.75 Å². The topological polar surface area (TPSA) is 87.9 Å². The Morgan fingerprint density at radius 3 is 2.54 bits per heavy atom. The molecule has 28 heavy (non-hydrogen) atoms. The van der Waals surface area contributed by atoms with E-state index in [1.807, 2.05) is 19.1 Å². The van der Waals surface area contributed by atoms with Crippen molar-refractivity contribution in [2.45, 2.75) is 26.7 Å². The van der Waals surface area contributed by atoms with Crippen molar-refractivity contribution in [3.8, 4) is 5.75 Å². The molecule has 1 aromatic heterocycles. The number of furan rings is 1. The van der Waals surface area contributed by atoms with E-state index in [2.05, 4.69) is 33.9 Å². The molecule has 0 aliphatic carbocycles. The fourth-order valence-electron chi connectivity index (χ4n) is 2.82. The number of carbonyl (C=O) groups is 1. The van der Waals surface area contributed by atoms with Crippen LogP contribution in [-0.4, -0.2) is 45.7 Å². The molecule has 0 saturated heterocycles. The molecule has 0 atom stereocenters. The predicted octanol–water partition coefficient (Wildman–Crippen LogP) is 2.43. The highest BCUT2D eigenvalue weighted by Gasteiger charge is 2.11. The smallest absolute Gasteiger partial charge is 0.287 e. The number of nitrogens with zero attached hydrogens (tertiary/aromatic N) is 1. The van der Waals surface area contributed by atoms with E-state index < -0.39 is 0 Å². The van der Waals surface area contributed by atoms with Crippen LogP contribution in [0.15, 0.2) is 39.9 Å². The van der Waals surface area contributed by atoms with Crippen LogP contribution >= 0.6 is 0 Å². The summed E-state index contributed by atoms with van der Waals surface area (Å²) in [4.78, 5) is 16.2.